The molecule has 5 aromatic rings. The molecule has 4 heterocycles. The highest BCUT2D eigenvalue weighted by molar-refractivity contribution is 5.95. The minimum Gasteiger partial charge on any atom is -0.344 e. The molecular weight excluding hydrogens is 452 g/mol. The molecule has 0 spiro atoms. The highest BCUT2D eigenvalue weighted by atomic mass is 19.3. The SMILES string of the molecule is Cn1cc2cc(-n3nc4c(C#N)cn(CC5CC5)c4c(-c4ccc(C(F)F)nc4)c3=O)ccc2n1. The third kappa shape index (κ3) is 3.56. The molecule has 0 unspecified atom stereocenters. The summed E-state index contributed by atoms with van der Waals surface area (Å²) in [5.74, 6) is 0.472. The van der Waals surface area contributed by atoms with Crippen LogP contribution in [0.2, 0.25) is 0 Å². The molecule has 0 bridgehead atoms. The number of aromatic nitrogens is 6. The normalized spacial score (nSPS) is 13.7. The van der Waals surface area contributed by atoms with Crippen molar-refractivity contribution in [2.75, 3.05) is 0 Å². The van der Waals surface area contributed by atoms with Crippen LogP contribution < -0.4 is 5.56 Å². The summed E-state index contributed by atoms with van der Waals surface area (Å²) in [5.41, 5.74) is 2.39. The highest BCUT2D eigenvalue weighted by Crippen LogP contribution is 2.35. The topological polar surface area (TPSA) is 94.3 Å². The third-order valence-electron chi connectivity index (χ3n) is 6.31. The Labute approximate surface area is 197 Å². The Kier molecular flexibility index (Phi) is 4.74. The summed E-state index contributed by atoms with van der Waals surface area (Å²) < 4.78 is 31.1. The molecule has 174 valence electrons. The Morgan fingerprint density at radius 3 is 2.69 bits per heavy atom. The van der Waals surface area contributed by atoms with Gasteiger partial charge in [-0.25, -0.2) is 8.78 Å². The van der Waals surface area contributed by atoms with Crippen molar-refractivity contribution in [2.24, 2.45) is 13.0 Å². The minimum absolute atomic E-state index is 0.275. The van der Waals surface area contributed by atoms with E-state index in [-0.39, 0.29) is 11.3 Å². The van der Waals surface area contributed by atoms with Gasteiger partial charge in [-0.2, -0.15) is 20.1 Å². The van der Waals surface area contributed by atoms with Crippen molar-refractivity contribution in [3.8, 4) is 22.9 Å². The number of hydrogen-bond acceptors (Lipinski definition) is 5. The van der Waals surface area contributed by atoms with Gasteiger partial charge in [0.1, 0.15) is 17.3 Å². The lowest BCUT2D eigenvalue weighted by atomic mass is 10.1. The van der Waals surface area contributed by atoms with Crippen LogP contribution in [0.3, 0.4) is 0 Å². The second-order valence-corrected chi connectivity index (χ2v) is 8.86. The molecule has 1 aliphatic carbocycles. The van der Waals surface area contributed by atoms with Crippen molar-refractivity contribution in [3.05, 3.63) is 70.5 Å². The molecule has 0 N–H and O–H groups in total. The molecule has 1 saturated carbocycles. The van der Waals surface area contributed by atoms with E-state index in [1.807, 2.05) is 17.8 Å². The van der Waals surface area contributed by atoms with Gasteiger partial charge in [0.15, 0.2) is 0 Å². The lowest BCUT2D eigenvalue weighted by Gasteiger charge is -2.12. The van der Waals surface area contributed by atoms with Crippen LogP contribution in [-0.4, -0.2) is 29.1 Å². The van der Waals surface area contributed by atoms with E-state index in [9.17, 15) is 18.8 Å². The first kappa shape index (κ1) is 21.2. The first-order valence-corrected chi connectivity index (χ1v) is 11.2. The predicted octanol–water partition coefficient (Wildman–Crippen LogP) is 4.36. The van der Waals surface area contributed by atoms with Gasteiger partial charge in [-0.05, 0) is 43.0 Å². The molecule has 0 atom stereocenters. The first-order chi connectivity index (χ1) is 16.9. The largest absolute Gasteiger partial charge is 0.344 e. The van der Waals surface area contributed by atoms with Crippen LogP contribution in [0.25, 0.3) is 38.8 Å². The van der Waals surface area contributed by atoms with Crippen molar-refractivity contribution >= 4 is 21.9 Å². The summed E-state index contributed by atoms with van der Waals surface area (Å²) in [6, 6.07) is 10.2. The average molecular weight is 471 g/mol. The van der Waals surface area contributed by atoms with E-state index in [2.05, 4.69) is 21.3 Å². The Bertz CT molecular complexity index is 1700. The summed E-state index contributed by atoms with van der Waals surface area (Å²) in [4.78, 5) is 17.8. The number of alkyl halides is 2. The van der Waals surface area contributed by atoms with Crippen LogP contribution in [0.5, 0.6) is 0 Å². The summed E-state index contributed by atoms with van der Waals surface area (Å²) in [6.07, 6.45) is 4.28. The number of benzene rings is 1. The number of aryl methyl sites for hydroxylation is 1. The molecule has 0 radical (unpaired) electrons. The Morgan fingerprint density at radius 1 is 1.17 bits per heavy atom. The van der Waals surface area contributed by atoms with E-state index in [4.69, 9.17) is 0 Å². The predicted molar refractivity (Wildman–Crippen MR) is 125 cm³/mol. The van der Waals surface area contributed by atoms with E-state index in [0.29, 0.717) is 40.3 Å². The highest BCUT2D eigenvalue weighted by Gasteiger charge is 2.27. The van der Waals surface area contributed by atoms with Crippen molar-refractivity contribution in [2.45, 2.75) is 25.8 Å². The zero-order chi connectivity index (χ0) is 24.3. The number of nitriles is 1. The lowest BCUT2D eigenvalue weighted by molar-refractivity contribution is 0.146. The zero-order valence-electron chi connectivity index (χ0n) is 18.7. The van der Waals surface area contributed by atoms with Gasteiger partial charge in [0.05, 0.1) is 27.8 Å². The van der Waals surface area contributed by atoms with Gasteiger partial charge in [0, 0.05) is 43.1 Å². The molecule has 10 heteroatoms. The number of rotatable bonds is 5. The molecule has 1 aliphatic rings. The molecule has 0 aliphatic heterocycles. The van der Waals surface area contributed by atoms with Crippen molar-refractivity contribution < 1.29 is 8.78 Å². The van der Waals surface area contributed by atoms with Gasteiger partial charge in [0.25, 0.3) is 12.0 Å². The van der Waals surface area contributed by atoms with E-state index in [1.165, 1.54) is 23.0 Å². The van der Waals surface area contributed by atoms with E-state index < -0.39 is 12.0 Å². The van der Waals surface area contributed by atoms with Crippen LogP contribution >= 0.6 is 0 Å². The number of fused-ring (bicyclic) bond motifs is 2. The fourth-order valence-corrected chi connectivity index (χ4v) is 4.45. The Morgan fingerprint density at radius 2 is 2.00 bits per heavy atom. The fourth-order valence-electron chi connectivity index (χ4n) is 4.45. The van der Waals surface area contributed by atoms with Gasteiger partial charge in [0.2, 0.25) is 0 Å². The van der Waals surface area contributed by atoms with Gasteiger partial charge in [-0.15, -0.1) is 0 Å². The van der Waals surface area contributed by atoms with Crippen LogP contribution in [0.15, 0.2) is 53.7 Å². The Hall–Kier alpha value is -4.39. The molecule has 4 aromatic heterocycles. The molecular formula is C25H19F2N7O. The maximum absolute atomic E-state index is 13.9. The molecule has 0 saturated heterocycles. The van der Waals surface area contributed by atoms with Gasteiger partial charge < -0.3 is 4.57 Å². The van der Waals surface area contributed by atoms with Crippen LogP contribution in [0, 0.1) is 17.2 Å². The monoisotopic (exact) mass is 471 g/mol. The second-order valence-electron chi connectivity index (χ2n) is 8.86. The first-order valence-electron chi connectivity index (χ1n) is 11.2. The minimum atomic E-state index is -2.71. The summed E-state index contributed by atoms with van der Waals surface area (Å²) in [7, 11) is 1.81. The average Bonchev–Trinajstić information content (AvgIpc) is 3.49. The third-order valence-corrected chi connectivity index (χ3v) is 6.31. The molecule has 1 fully saturated rings. The molecule has 1 aromatic carbocycles. The summed E-state index contributed by atoms with van der Waals surface area (Å²) >= 11 is 0. The maximum atomic E-state index is 13.9. The van der Waals surface area contributed by atoms with E-state index in [1.54, 1.807) is 29.1 Å². The quantitative estimate of drug-likeness (QED) is 0.380. The van der Waals surface area contributed by atoms with Crippen molar-refractivity contribution in [1.82, 2.24) is 29.1 Å². The van der Waals surface area contributed by atoms with Gasteiger partial charge in [-0.3, -0.25) is 14.5 Å². The standard InChI is InChI=1S/C25H19F2N7O/c1-32-12-16-8-18(5-7-19(16)30-32)34-25(35)21(15-4-6-20(24(26)27)29-10-15)23-22(31-34)17(9-28)13-33(23)11-14-2-3-14/h4-8,10,12-14,24H,2-3,11H2,1H3. The number of nitrogens with zero attached hydrogens (tertiary/aromatic N) is 7. The van der Waals surface area contributed by atoms with E-state index >= 15 is 0 Å². The van der Waals surface area contributed by atoms with E-state index in [0.717, 1.165) is 23.7 Å². The summed E-state index contributed by atoms with van der Waals surface area (Å²) in [6.45, 7) is 0.653. The number of hydrogen-bond donors (Lipinski definition) is 0. The van der Waals surface area contributed by atoms with Crippen LogP contribution in [0.1, 0.15) is 30.5 Å². The molecule has 6 rings (SSSR count). The van der Waals surface area contributed by atoms with Gasteiger partial charge >= 0.3 is 0 Å². The van der Waals surface area contributed by atoms with Gasteiger partial charge in [-0.1, -0.05) is 6.07 Å². The summed E-state index contributed by atoms with van der Waals surface area (Å²) in [5, 5.41) is 19.6. The Balaban J connectivity index is 1.65. The lowest BCUT2D eigenvalue weighted by Crippen LogP contribution is -2.24. The van der Waals surface area contributed by atoms with Crippen LogP contribution in [0.4, 0.5) is 8.78 Å². The molecule has 35 heavy (non-hydrogen) atoms. The second kappa shape index (κ2) is 7.84. The van der Waals surface area contributed by atoms with Crippen LogP contribution in [-0.2, 0) is 13.6 Å². The number of pyridine rings is 1. The maximum Gasteiger partial charge on any atom is 0.281 e. The molecule has 8 nitrogen and oxygen atoms in total. The number of halogens is 2. The smallest absolute Gasteiger partial charge is 0.281 e. The van der Waals surface area contributed by atoms with Crippen molar-refractivity contribution in [1.29, 1.82) is 5.26 Å². The fraction of sp³-hybridized carbons (Fsp3) is 0.240. The molecule has 0 amide bonds. The van der Waals surface area contributed by atoms with Crippen molar-refractivity contribution in [3.63, 3.8) is 0 Å². The zero-order valence-corrected chi connectivity index (χ0v) is 18.7.